The van der Waals surface area contributed by atoms with Crippen LogP contribution in [0.1, 0.15) is 10.5 Å². The molecule has 0 spiro atoms. The molecule has 2 heterocycles. The maximum atomic E-state index is 11.0. The van der Waals surface area contributed by atoms with Crippen LogP contribution in [0, 0.1) is 0 Å². The summed E-state index contributed by atoms with van der Waals surface area (Å²) in [4.78, 5) is 16.7. The fourth-order valence-electron chi connectivity index (χ4n) is 1.22. The van der Waals surface area contributed by atoms with Crippen LogP contribution in [0.4, 0.5) is 6.01 Å². The SMILES string of the molecule is COC(=O)c1coc(N2CC(O)C2)n1. The molecule has 14 heavy (non-hydrogen) atoms. The Balaban J connectivity index is 2.07. The zero-order valence-corrected chi connectivity index (χ0v) is 7.64. The summed E-state index contributed by atoms with van der Waals surface area (Å²) in [6.45, 7) is 0.974. The van der Waals surface area contributed by atoms with Crippen LogP contribution in [0.25, 0.3) is 0 Å². The predicted octanol–water partition coefficient (Wildman–Crippen LogP) is -0.358. The molecule has 1 saturated heterocycles. The van der Waals surface area contributed by atoms with Crippen molar-refractivity contribution in [3.05, 3.63) is 12.0 Å². The first-order chi connectivity index (χ1) is 6.70. The van der Waals surface area contributed by atoms with Gasteiger partial charge in [-0.3, -0.25) is 0 Å². The Morgan fingerprint density at radius 1 is 1.79 bits per heavy atom. The number of aromatic nitrogens is 1. The number of ether oxygens (including phenoxy) is 1. The highest BCUT2D eigenvalue weighted by atomic mass is 16.5. The molecule has 0 atom stereocenters. The summed E-state index contributed by atoms with van der Waals surface area (Å²) in [5, 5.41) is 9.04. The van der Waals surface area contributed by atoms with Crippen molar-refractivity contribution in [1.29, 1.82) is 0 Å². The average Bonchev–Trinajstić information content (AvgIpc) is 2.60. The van der Waals surface area contributed by atoms with E-state index in [0.717, 1.165) is 0 Å². The van der Waals surface area contributed by atoms with E-state index in [2.05, 4.69) is 9.72 Å². The highest BCUT2D eigenvalue weighted by Gasteiger charge is 2.28. The monoisotopic (exact) mass is 198 g/mol. The normalized spacial score (nSPS) is 16.6. The van der Waals surface area contributed by atoms with E-state index >= 15 is 0 Å². The van der Waals surface area contributed by atoms with Crippen LogP contribution in [0.5, 0.6) is 0 Å². The standard InChI is InChI=1S/C8H10N2O4/c1-13-7(12)6-4-14-8(9-6)10-2-5(11)3-10/h4-5,11H,2-3H2,1H3. The lowest BCUT2D eigenvalue weighted by Gasteiger charge is -2.34. The molecular weight excluding hydrogens is 188 g/mol. The largest absolute Gasteiger partial charge is 0.464 e. The van der Waals surface area contributed by atoms with E-state index in [1.807, 2.05) is 0 Å². The highest BCUT2D eigenvalue weighted by Crippen LogP contribution is 2.19. The van der Waals surface area contributed by atoms with Gasteiger partial charge in [0.25, 0.3) is 6.01 Å². The number of aliphatic hydroxyl groups excluding tert-OH is 1. The number of carbonyl (C=O) groups excluding carboxylic acids is 1. The smallest absolute Gasteiger partial charge is 0.360 e. The number of rotatable bonds is 2. The van der Waals surface area contributed by atoms with Gasteiger partial charge in [-0.1, -0.05) is 0 Å². The molecule has 0 amide bonds. The second-order valence-corrected chi connectivity index (χ2v) is 3.07. The number of hydrogen-bond donors (Lipinski definition) is 1. The molecule has 0 radical (unpaired) electrons. The van der Waals surface area contributed by atoms with Crippen molar-refractivity contribution in [3.8, 4) is 0 Å². The van der Waals surface area contributed by atoms with Crippen LogP contribution < -0.4 is 4.90 Å². The Labute approximate surface area is 80.1 Å². The first-order valence-electron chi connectivity index (χ1n) is 4.17. The van der Waals surface area contributed by atoms with Crippen molar-refractivity contribution in [2.45, 2.75) is 6.10 Å². The van der Waals surface area contributed by atoms with Gasteiger partial charge in [0.2, 0.25) is 0 Å². The molecule has 0 aromatic carbocycles. The third-order valence-corrected chi connectivity index (χ3v) is 2.02. The first-order valence-corrected chi connectivity index (χ1v) is 4.17. The maximum absolute atomic E-state index is 11.0. The summed E-state index contributed by atoms with van der Waals surface area (Å²) < 4.78 is 9.52. The van der Waals surface area contributed by atoms with E-state index in [-0.39, 0.29) is 11.8 Å². The van der Waals surface area contributed by atoms with Gasteiger partial charge in [-0.2, -0.15) is 4.98 Å². The molecule has 1 fully saturated rings. The van der Waals surface area contributed by atoms with E-state index < -0.39 is 5.97 Å². The Hall–Kier alpha value is -1.56. The van der Waals surface area contributed by atoms with Crippen molar-refractivity contribution in [1.82, 2.24) is 4.98 Å². The topological polar surface area (TPSA) is 75.8 Å². The lowest BCUT2D eigenvalue weighted by molar-refractivity contribution is 0.0594. The van der Waals surface area contributed by atoms with Gasteiger partial charge in [0.15, 0.2) is 5.69 Å². The Morgan fingerprint density at radius 2 is 2.50 bits per heavy atom. The molecular formula is C8H10N2O4. The molecule has 1 aliphatic rings. The minimum Gasteiger partial charge on any atom is -0.464 e. The van der Waals surface area contributed by atoms with Gasteiger partial charge >= 0.3 is 5.97 Å². The molecule has 1 aromatic heterocycles. The minimum atomic E-state index is -0.527. The predicted molar refractivity (Wildman–Crippen MR) is 46.1 cm³/mol. The Morgan fingerprint density at radius 3 is 3.07 bits per heavy atom. The maximum Gasteiger partial charge on any atom is 0.360 e. The van der Waals surface area contributed by atoms with Crippen LogP contribution in [0.2, 0.25) is 0 Å². The molecule has 1 N–H and O–H groups in total. The Bertz CT molecular complexity index is 343. The average molecular weight is 198 g/mol. The molecule has 0 aliphatic carbocycles. The van der Waals surface area contributed by atoms with Gasteiger partial charge in [-0.25, -0.2) is 4.79 Å². The van der Waals surface area contributed by atoms with E-state index in [0.29, 0.717) is 19.1 Å². The molecule has 0 bridgehead atoms. The summed E-state index contributed by atoms with van der Waals surface area (Å²) >= 11 is 0. The van der Waals surface area contributed by atoms with Crippen LogP contribution in [-0.2, 0) is 4.74 Å². The zero-order chi connectivity index (χ0) is 10.1. The lowest BCUT2D eigenvalue weighted by Crippen LogP contribution is -2.51. The fraction of sp³-hybridized carbons (Fsp3) is 0.500. The number of nitrogens with zero attached hydrogens (tertiary/aromatic N) is 2. The number of hydrogen-bond acceptors (Lipinski definition) is 6. The number of oxazole rings is 1. The van der Waals surface area contributed by atoms with E-state index in [9.17, 15) is 4.79 Å². The molecule has 0 unspecified atom stereocenters. The quantitative estimate of drug-likeness (QED) is 0.654. The summed E-state index contributed by atoms with van der Waals surface area (Å²) in [6.07, 6.45) is 0.912. The molecule has 2 rings (SSSR count). The summed E-state index contributed by atoms with van der Waals surface area (Å²) in [5.41, 5.74) is 0.142. The van der Waals surface area contributed by atoms with Gasteiger partial charge in [0.05, 0.1) is 26.3 Å². The van der Waals surface area contributed by atoms with Gasteiger partial charge in [0, 0.05) is 0 Å². The molecule has 6 nitrogen and oxygen atoms in total. The van der Waals surface area contributed by atoms with Crippen molar-refractivity contribution >= 4 is 12.0 Å². The van der Waals surface area contributed by atoms with Gasteiger partial charge in [-0.15, -0.1) is 0 Å². The fourth-order valence-corrected chi connectivity index (χ4v) is 1.22. The summed E-state index contributed by atoms with van der Waals surface area (Å²) in [5.74, 6) is -0.527. The number of methoxy groups -OCH3 is 1. The van der Waals surface area contributed by atoms with Crippen LogP contribution in [0.3, 0.4) is 0 Å². The first kappa shape index (κ1) is 9.01. The summed E-state index contributed by atoms with van der Waals surface area (Å²) in [7, 11) is 1.28. The van der Waals surface area contributed by atoms with E-state index in [1.165, 1.54) is 13.4 Å². The number of esters is 1. The minimum absolute atomic E-state index is 0.142. The van der Waals surface area contributed by atoms with Crippen molar-refractivity contribution < 1.29 is 19.1 Å². The van der Waals surface area contributed by atoms with Crippen molar-refractivity contribution in [2.75, 3.05) is 25.1 Å². The highest BCUT2D eigenvalue weighted by molar-refractivity contribution is 5.87. The van der Waals surface area contributed by atoms with Gasteiger partial charge in [-0.05, 0) is 0 Å². The van der Waals surface area contributed by atoms with Gasteiger partial charge in [0.1, 0.15) is 6.26 Å². The van der Waals surface area contributed by atoms with Crippen molar-refractivity contribution in [3.63, 3.8) is 0 Å². The van der Waals surface area contributed by atoms with Crippen LogP contribution in [-0.4, -0.2) is 42.4 Å². The lowest BCUT2D eigenvalue weighted by atomic mass is 10.2. The third-order valence-electron chi connectivity index (χ3n) is 2.02. The molecule has 0 saturated carbocycles. The second-order valence-electron chi connectivity index (χ2n) is 3.07. The van der Waals surface area contributed by atoms with E-state index in [4.69, 9.17) is 9.52 Å². The molecule has 1 aliphatic heterocycles. The van der Waals surface area contributed by atoms with E-state index in [1.54, 1.807) is 4.90 Å². The number of carbonyl (C=O) groups is 1. The van der Waals surface area contributed by atoms with Crippen molar-refractivity contribution in [2.24, 2.45) is 0 Å². The number of β-amino-alcohol motifs (C(OH)–C–C–N with tert-alkyl or cyclic N) is 1. The molecule has 1 aromatic rings. The zero-order valence-electron chi connectivity index (χ0n) is 7.64. The molecule has 76 valence electrons. The van der Waals surface area contributed by atoms with Gasteiger partial charge < -0.3 is 19.2 Å². The van der Waals surface area contributed by atoms with Crippen LogP contribution >= 0.6 is 0 Å². The number of aliphatic hydroxyl groups is 1. The number of anilines is 1. The van der Waals surface area contributed by atoms with Crippen LogP contribution in [0.15, 0.2) is 10.7 Å². The Kier molecular flexibility index (Phi) is 2.12. The molecule has 6 heteroatoms. The third kappa shape index (κ3) is 1.44. The second kappa shape index (κ2) is 3.30. The summed E-state index contributed by atoms with van der Waals surface area (Å²) in [6, 6.07) is 0.343.